The number of imide groups is 1. The molecule has 1 aliphatic carbocycles. The number of nitrogens with two attached hydrogens (primary N) is 1. The Labute approximate surface area is 405 Å². The molecule has 20 heteroatoms. The number of fused-ring (bicyclic) bond motifs is 5. The first-order valence-electron chi connectivity index (χ1n) is 22.7. The summed E-state index contributed by atoms with van der Waals surface area (Å²) >= 11 is 7.99. The Morgan fingerprint density at radius 2 is 1.84 bits per heavy atom. The number of hydrogen-bond acceptors (Lipinski definition) is 14. The monoisotopic (exact) mass is 983 g/mol. The van der Waals surface area contributed by atoms with Crippen molar-refractivity contribution in [2.24, 2.45) is 23.5 Å². The van der Waals surface area contributed by atoms with E-state index in [1.165, 1.54) is 61.7 Å². The second kappa shape index (κ2) is 21.7. The van der Waals surface area contributed by atoms with Crippen LogP contribution in [-0.2, 0) is 54.1 Å². The molecule has 4 aliphatic heterocycles. The molecule has 68 heavy (non-hydrogen) atoms. The molecule has 2 unspecified atom stereocenters. The number of likely N-dealkylation sites (N-methyl/N-ethyl adjacent to an activating group) is 1. The summed E-state index contributed by atoms with van der Waals surface area (Å²) in [7, 11) is 5.78. The lowest BCUT2D eigenvalue weighted by Crippen LogP contribution is -2.63. The van der Waals surface area contributed by atoms with Crippen LogP contribution in [0, 0.1) is 30.1 Å². The Kier molecular flexibility index (Phi) is 16.6. The van der Waals surface area contributed by atoms with Gasteiger partial charge in [0.2, 0.25) is 29.5 Å². The van der Waals surface area contributed by atoms with Crippen LogP contribution < -0.4 is 20.7 Å². The average molecular weight is 985 g/mol. The first-order valence-corrected chi connectivity index (χ1v) is 24.2. The smallest absolute Gasteiger partial charge is 0.409 e. The Morgan fingerprint density at radius 3 is 2.49 bits per heavy atom. The number of alkyl carbamates (subject to hydrolysis) is 1. The number of carbonyl (C=O) groups excluding carboxylic acids is 7. The van der Waals surface area contributed by atoms with E-state index < -0.39 is 83.2 Å². The van der Waals surface area contributed by atoms with E-state index in [0.717, 1.165) is 11.1 Å². The summed E-state index contributed by atoms with van der Waals surface area (Å²) in [5, 5.41) is 13.8. The minimum Gasteiger partial charge on any atom is -0.495 e. The van der Waals surface area contributed by atoms with Crippen molar-refractivity contribution in [1.29, 1.82) is 0 Å². The summed E-state index contributed by atoms with van der Waals surface area (Å²) in [6.07, 6.45) is 8.31. The maximum Gasteiger partial charge on any atom is 0.409 e. The SMILES string of the molecule is C#CC12O[C@H]1[C@H](C)[C@@H]1C[C@@](O)(NC(=O)O1)[C@H](OC)/C=C/C=C(\C)Cc1cc(OC)c(Cl)c(c1)N(C)C(=O)C[C@@H]2OC(=O)[C@H](C)N(C)C(=O)CCSC1CC(=O)N(CC2CCC(C(N)=O)CC2)C1=O. The normalized spacial score (nSPS) is 32.6. The molecule has 6 rings (SSSR count). The van der Waals surface area contributed by atoms with Crippen LogP contribution in [0.2, 0.25) is 5.02 Å². The largest absolute Gasteiger partial charge is 0.495 e. The van der Waals surface area contributed by atoms with Crippen LogP contribution in [0.5, 0.6) is 5.75 Å². The molecule has 1 saturated carbocycles. The number of aliphatic hydroxyl groups is 1. The number of esters is 1. The molecule has 1 aromatic rings. The predicted octanol–water partition coefficient (Wildman–Crippen LogP) is 3.67. The molecule has 6 amide bonds. The second-order valence-corrected chi connectivity index (χ2v) is 20.1. The van der Waals surface area contributed by atoms with Crippen molar-refractivity contribution < 1.29 is 62.4 Å². The molecule has 9 atom stereocenters. The van der Waals surface area contributed by atoms with Gasteiger partial charge in [-0.3, -0.25) is 34.2 Å². The maximum atomic E-state index is 14.4. The van der Waals surface area contributed by atoms with Gasteiger partial charge < -0.3 is 44.3 Å². The fraction of sp³-hybridized carbons (Fsp3) is 0.604. The van der Waals surface area contributed by atoms with Crippen molar-refractivity contribution in [3.05, 3.63) is 46.5 Å². The van der Waals surface area contributed by atoms with Gasteiger partial charge in [-0.05, 0) is 69.6 Å². The summed E-state index contributed by atoms with van der Waals surface area (Å²) < 4.78 is 29.2. The zero-order valence-corrected chi connectivity index (χ0v) is 41.1. The minimum atomic E-state index is -1.93. The van der Waals surface area contributed by atoms with Crippen molar-refractivity contribution in [3.63, 3.8) is 0 Å². The molecule has 5 aliphatic rings. The number of rotatable bonds is 12. The standard InChI is InChI=1S/C48H62ClN5O13S/c1-9-47-37(66-45(60)28(4)52(5)38(55)17-18-68-35-22-40(57)54(44(35)59)25-29-13-15-31(16-14-29)43(50)58)23-39(56)53(6)32-20-30(21-33(63-7)41(32)49)19-26(2)11-10-12-36(64-8)48(62)24-34(65-46(61)51-48)27(3)42(47)67-47/h1,10-12,20-21,27-29,31,34-37,42,62H,13-19,22-25H2,2-8H3,(H2,50,58)(H,51,61)/b12-10+,26-11+/t27-,28+,29?,31?,34+,35?,36-,37+,42+,47?,48+/m1/s1. The van der Waals surface area contributed by atoms with Crippen molar-refractivity contribution >= 4 is 70.6 Å². The fourth-order valence-electron chi connectivity index (χ4n) is 9.48. The summed E-state index contributed by atoms with van der Waals surface area (Å²) in [6, 6.07) is 2.29. The molecule has 4 heterocycles. The average Bonchev–Trinajstić information content (AvgIpc) is 3.99. The van der Waals surface area contributed by atoms with Gasteiger partial charge in [-0.1, -0.05) is 48.2 Å². The summed E-state index contributed by atoms with van der Waals surface area (Å²) in [4.78, 5) is 96.5. The van der Waals surface area contributed by atoms with Gasteiger partial charge in [0.15, 0.2) is 17.4 Å². The zero-order valence-electron chi connectivity index (χ0n) is 39.5. The quantitative estimate of drug-likeness (QED) is 0.117. The zero-order chi connectivity index (χ0) is 49.8. The number of allylic oxidation sites excluding steroid dienone is 3. The Bertz CT molecular complexity index is 2260. The fourth-order valence-corrected chi connectivity index (χ4v) is 10.9. The molecule has 4 bridgehead atoms. The molecular formula is C48H62ClN5O13S. The molecular weight excluding hydrogens is 922 g/mol. The van der Waals surface area contributed by atoms with Crippen LogP contribution in [-0.4, -0.2) is 144 Å². The number of nitrogens with zero attached hydrogens (tertiary/aromatic N) is 3. The van der Waals surface area contributed by atoms with Gasteiger partial charge >= 0.3 is 12.1 Å². The lowest BCUT2D eigenvalue weighted by atomic mass is 9.81. The number of amides is 6. The number of benzene rings is 1. The highest BCUT2D eigenvalue weighted by atomic mass is 35.5. The van der Waals surface area contributed by atoms with Gasteiger partial charge in [0.25, 0.3) is 0 Å². The third-order valence-electron chi connectivity index (χ3n) is 13.9. The molecule has 4 fully saturated rings. The van der Waals surface area contributed by atoms with E-state index in [-0.39, 0.29) is 66.1 Å². The topological polar surface area (TPSA) is 237 Å². The highest BCUT2D eigenvalue weighted by molar-refractivity contribution is 8.00. The maximum absolute atomic E-state index is 14.4. The second-order valence-electron chi connectivity index (χ2n) is 18.4. The number of likely N-dealkylation sites (tertiary alicyclic amines) is 1. The van der Waals surface area contributed by atoms with E-state index in [2.05, 4.69) is 11.2 Å². The van der Waals surface area contributed by atoms with Crippen LogP contribution in [0.25, 0.3) is 0 Å². The van der Waals surface area contributed by atoms with Gasteiger partial charge in [0, 0.05) is 64.6 Å². The Balaban J connectivity index is 1.18. The van der Waals surface area contributed by atoms with Gasteiger partial charge in [-0.15, -0.1) is 18.2 Å². The first-order chi connectivity index (χ1) is 32.2. The number of anilines is 1. The predicted molar refractivity (Wildman–Crippen MR) is 251 cm³/mol. The molecule has 370 valence electrons. The van der Waals surface area contributed by atoms with Gasteiger partial charge in [-0.25, -0.2) is 9.59 Å². The van der Waals surface area contributed by atoms with E-state index in [1.54, 1.807) is 31.2 Å². The van der Waals surface area contributed by atoms with Gasteiger partial charge in [0.1, 0.15) is 35.1 Å². The number of thioether (sulfide) groups is 1. The number of terminal acetylenes is 1. The van der Waals surface area contributed by atoms with E-state index in [4.69, 9.17) is 47.4 Å². The van der Waals surface area contributed by atoms with Crippen LogP contribution in [0.4, 0.5) is 10.5 Å². The number of methoxy groups -OCH3 is 2. The number of carbonyl (C=O) groups is 7. The molecule has 18 nitrogen and oxygen atoms in total. The molecule has 4 N–H and O–H groups in total. The molecule has 3 saturated heterocycles. The number of primary amides is 1. The molecule has 0 spiro atoms. The van der Waals surface area contributed by atoms with E-state index in [9.17, 15) is 38.7 Å². The number of nitrogens with one attached hydrogen (secondary N) is 1. The van der Waals surface area contributed by atoms with Crippen LogP contribution in [0.1, 0.15) is 77.7 Å². The molecule has 1 aromatic carbocycles. The van der Waals surface area contributed by atoms with Crippen molar-refractivity contribution in [1.82, 2.24) is 15.1 Å². The van der Waals surface area contributed by atoms with E-state index in [1.807, 2.05) is 13.0 Å². The summed E-state index contributed by atoms with van der Waals surface area (Å²) in [5.74, 6) is -0.557. The Hall–Kier alpha value is -5.13. The Morgan fingerprint density at radius 1 is 1.13 bits per heavy atom. The highest BCUT2D eigenvalue weighted by Crippen LogP contribution is 2.49. The molecule has 0 aromatic heterocycles. The number of hydrogen-bond donors (Lipinski definition) is 3. The van der Waals surface area contributed by atoms with E-state index in [0.29, 0.717) is 43.5 Å². The van der Waals surface area contributed by atoms with Gasteiger partial charge in [0.05, 0.1) is 24.5 Å². The van der Waals surface area contributed by atoms with Crippen LogP contribution >= 0.6 is 23.4 Å². The van der Waals surface area contributed by atoms with Crippen molar-refractivity contribution in [3.8, 4) is 18.1 Å². The van der Waals surface area contributed by atoms with Crippen molar-refractivity contribution in [2.45, 2.75) is 126 Å². The lowest BCUT2D eigenvalue weighted by molar-refractivity contribution is -0.161. The number of halogens is 1. The van der Waals surface area contributed by atoms with Crippen LogP contribution in [0.15, 0.2) is 35.9 Å². The third kappa shape index (κ3) is 11.3. The minimum absolute atomic E-state index is 0.00888. The van der Waals surface area contributed by atoms with Gasteiger partial charge in [-0.2, -0.15) is 0 Å². The van der Waals surface area contributed by atoms with Crippen molar-refractivity contribution in [2.75, 3.05) is 45.5 Å². The summed E-state index contributed by atoms with van der Waals surface area (Å²) in [6.45, 7) is 5.33. The number of ether oxygens (including phenoxy) is 5. The lowest BCUT2D eigenvalue weighted by Gasteiger charge is -2.42. The highest BCUT2D eigenvalue weighted by Gasteiger charge is 2.67. The number of epoxide rings is 1. The first kappa shape index (κ1) is 52.2. The molecule has 0 radical (unpaired) electrons. The van der Waals surface area contributed by atoms with E-state index >= 15 is 0 Å². The third-order valence-corrected chi connectivity index (χ3v) is 15.5. The summed E-state index contributed by atoms with van der Waals surface area (Å²) in [5.41, 5.74) is 3.73. The van der Waals surface area contributed by atoms with Crippen LogP contribution in [0.3, 0.4) is 0 Å².